The molecular weight excluding hydrogens is 274 g/mol. The molecule has 0 aliphatic carbocycles. The maximum atomic E-state index is 11.9. The van der Waals surface area contributed by atoms with E-state index in [4.69, 9.17) is 5.73 Å². The first-order valence-corrected chi connectivity index (χ1v) is 8.70. The predicted octanol–water partition coefficient (Wildman–Crippen LogP) is 1.69. The summed E-state index contributed by atoms with van der Waals surface area (Å²) in [7, 11) is -3.29. The summed E-state index contributed by atoms with van der Waals surface area (Å²) in [5.41, 5.74) is 5.69. The van der Waals surface area contributed by atoms with Crippen LogP contribution >= 0.6 is 0 Å². The van der Waals surface area contributed by atoms with E-state index in [1.54, 1.807) is 18.3 Å². The Morgan fingerprint density at radius 2 is 2.05 bits per heavy atom. The van der Waals surface area contributed by atoms with Gasteiger partial charge >= 0.3 is 0 Å². The van der Waals surface area contributed by atoms with Crippen LogP contribution < -0.4 is 10.6 Å². The van der Waals surface area contributed by atoms with Crippen molar-refractivity contribution in [2.24, 2.45) is 11.1 Å². The van der Waals surface area contributed by atoms with E-state index in [0.717, 1.165) is 13.0 Å². The Kier molecular flexibility index (Phi) is 5.53. The second-order valence-corrected chi connectivity index (χ2v) is 7.87. The highest BCUT2D eigenvalue weighted by Crippen LogP contribution is 2.26. The number of hydrogen-bond donors (Lipinski definition) is 1. The molecule has 1 aromatic heterocycles. The van der Waals surface area contributed by atoms with Crippen LogP contribution in [0.15, 0.2) is 23.2 Å². The Labute approximate surface area is 122 Å². The smallest absolute Gasteiger partial charge is 0.179 e. The molecule has 0 unspecified atom stereocenters. The van der Waals surface area contributed by atoms with E-state index >= 15 is 0 Å². The van der Waals surface area contributed by atoms with Crippen LogP contribution in [0.1, 0.15) is 27.2 Å². The third-order valence-electron chi connectivity index (χ3n) is 3.11. The summed E-state index contributed by atoms with van der Waals surface area (Å²) in [6, 6.07) is 3.26. The molecule has 0 fully saturated rings. The lowest BCUT2D eigenvalue weighted by molar-refractivity contribution is 0.375. The number of pyridine rings is 1. The summed E-state index contributed by atoms with van der Waals surface area (Å²) in [6.45, 7) is 8.16. The van der Waals surface area contributed by atoms with Gasteiger partial charge in [-0.25, -0.2) is 13.4 Å². The lowest BCUT2D eigenvalue weighted by Crippen LogP contribution is -2.40. The Hall–Kier alpha value is -1.14. The predicted molar refractivity (Wildman–Crippen MR) is 82.7 cm³/mol. The fourth-order valence-corrected chi connectivity index (χ4v) is 2.86. The molecule has 0 radical (unpaired) electrons. The van der Waals surface area contributed by atoms with Crippen molar-refractivity contribution in [1.29, 1.82) is 0 Å². The number of anilines is 1. The van der Waals surface area contributed by atoms with Crippen molar-refractivity contribution in [3.8, 4) is 0 Å². The van der Waals surface area contributed by atoms with Crippen molar-refractivity contribution < 1.29 is 8.42 Å². The zero-order chi connectivity index (χ0) is 15.4. The molecule has 0 saturated carbocycles. The van der Waals surface area contributed by atoms with Crippen LogP contribution in [0.2, 0.25) is 0 Å². The normalized spacial score (nSPS) is 12.4. The van der Waals surface area contributed by atoms with Crippen LogP contribution in [0, 0.1) is 5.41 Å². The topological polar surface area (TPSA) is 76.3 Å². The fraction of sp³-hybridized carbons (Fsp3) is 0.643. The molecule has 0 atom stereocenters. The molecular formula is C14H25N3O2S. The minimum absolute atomic E-state index is 0.0958. The molecule has 1 aromatic rings. The van der Waals surface area contributed by atoms with Gasteiger partial charge in [0.15, 0.2) is 9.84 Å². The second-order valence-electron chi connectivity index (χ2n) is 5.89. The molecule has 0 spiro atoms. The van der Waals surface area contributed by atoms with Crippen LogP contribution in [-0.2, 0) is 9.84 Å². The van der Waals surface area contributed by atoms with Gasteiger partial charge in [-0.05, 0) is 30.5 Å². The molecule has 0 aliphatic rings. The minimum atomic E-state index is -3.29. The Bertz CT molecular complexity index is 541. The molecule has 0 bridgehead atoms. The summed E-state index contributed by atoms with van der Waals surface area (Å²) >= 11 is 0. The monoisotopic (exact) mass is 299 g/mol. The summed E-state index contributed by atoms with van der Waals surface area (Å²) in [6.07, 6.45) is 3.76. The highest BCUT2D eigenvalue weighted by Gasteiger charge is 2.24. The van der Waals surface area contributed by atoms with Gasteiger partial charge in [0.05, 0.1) is 0 Å². The van der Waals surface area contributed by atoms with Crippen LogP contribution in [0.4, 0.5) is 5.82 Å². The van der Waals surface area contributed by atoms with E-state index in [2.05, 4.69) is 25.8 Å². The largest absolute Gasteiger partial charge is 0.355 e. The molecule has 6 heteroatoms. The van der Waals surface area contributed by atoms with Crippen molar-refractivity contribution in [1.82, 2.24) is 4.98 Å². The average Bonchev–Trinajstić information content (AvgIpc) is 2.37. The van der Waals surface area contributed by atoms with Gasteiger partial charge in [0.1, 0.15) is 10.7 Å². The van der Waals surface area contributed by atoms with Crippen LogP contribution in [0.3, 0.4) is 0 Å². The number of rotatable bonds is 7. The molecule has 1 rings (SSSR count). The lowest BCUT2D eigenvalue weighted by atomic mass is 9.93. The van der Waals surface area contributed by atoms with E-state index < -0.39 is 9.84 Å². The molecule has 0 aromatic carbocycles. The minimum Gasteiger partial charge on any atom is -0.355 e. The van der Waals surface area contributed by atoms with Gasteiger partial charge in [-0.2, -0.15) is 0 Å². The van der Waals surface area contributed by atoms with Gasteiger partial charge in [-0.1, -0.05) is 20.8 Å². The third-order valence-corrected chi connectivity index (χ3v) is 4.23. The van der Waals surface area contributed by atoms with Gasteiger partial charge in [0, 0.05) is 25.5 Å². The lowest BCUT2D eigenvalue weighted by Gasteiger charge is -2.33. The van der Waals surface area contributed by atoms with Crippen molar-refractivity contribution in [2.75, 3.05) is 30.8 Å². The van der Waals surface area contributed by atoms with E-state index in [9.17, 15) is 8.42 Å². The molecule has 2 N–H and O–H groups in total. The van der Waals surface area contributed by atoms with E-state index in [0.29, 0.717) is 18.9 Å². The second kappa shape index (κ2) is 6.54. The van der Waals surface area contributed by atoms with Gasteiger partial charge in [0.2, 0.25) is 0 Å². The fourth-order valence-electron chi connectivity index (χ4n) is 2.02. The first kappa shape index (κ1) is 16.9. The number of nitrogens with zero attached hydrogens (tertiary/aromatic N) is 2. The van der Waals surface area contributed by atoms with Gasteiger partial charge in [-0.15, -0.1) is 0 Å². The quantitative estimate of drug-likeness (QED) is 0.829. The number of hydrogen-bond acceptors (Lipinski definition) is 5. The van der Waals surface area contributed by atoms with Crippen molar-refractivity contribution >= 4 is 15.7 Å². The Morgan fingerprint density at radius 1 is 1.40 bits per heavy atom. The highest BCUT2D eigenvalue weighted by atomic mass is 32.2. The summed E-state index contributed by atoms with van der Waals surface area (Å²) in [5.74, 6) is 0.526. The number of sulfone groups is 1. The molecule has 1 heterocycles. The van der Waals surface area contributed by atoms with Crippen LogP contribution in [-0.4, -0.2) is 39.3 Å². The molecule has 0 amide bonds. The first-order chi connectivity index (χ1) is 9.21. The van der Waals surface area contributed by atoms with Gasteiger partial charge < -0.3 is 10.6 Å². The maximum Gasteiger partial charge on any atom is 0.179 e. The number of nitrogens with two attached hydrogens (primary N) is 1. The zero-order valence-electron chi connectivity index (χ0n) is 12.8. The van der Waals surface area contributed by atoms with Gasteiger partial charge in [0.25, 0.3) is 0 Å². The first-order valence-electron chi connectivity index (χ1n) is 6.81. The summed E-state index contributed by atoms with van der Waals surface area (Å²) in [4.78, 5) is 6.58. The van der Waals surface area contributed by atoms with Crippen LogP contribution in [0.5, 0.6) is 0 Å². The van der Waals surface area contributed by atoms with Gasteiger partial charge in [-0.3, -0.25) is 0 Å². The van der Waals surface area contributed by atoms with Crippen molar-refractivity contribution in [3.05, 3.63) is 18.3 Å². The van der Waals surface area contributed by atoms with E-state index in [1.165, 1.54) is 6.26 Å². The SMILES string of the molecule is CCCN(CC(C)(C)CN)c1ncccc1S(C)(=O)=O. The molecule has 0 saturated heterocycles. The van der Waals surface area contributed by atoms with Crippen molar-refractivity contribution in [3.63, 3.8) is 0 Å². The molecule has 20 heavy (non-hydrogen) atoms. The Morgan fingerprint density at radius 3 is 2.55 bits per heavy atom. The van der Waals surface area contributed by atoms with E-state index in [-0.39, 0.29) is 10.3 Å². The number of aromatic nitrogens is 1. The Balaban J connectivity index is 3.22. The van der Waals surface area contributed by atoms with Crippen molar-refractivity contribution in [2.45, 2.75) is 32.1 Å². The third kappa shape index (κ3) is 4.45. The summed E-state index contributed by atoms with van der Waals surface area (Å²) in [5, 5.41) is 0. The standard InChI is InChI=1S/C14H25N3O2S/c1-5-9-17(11-14(2,3)10-15)13-12(20(4,18)19)7-6-8-16-13/h6-8H,5,9-11,15H2,1-4H3. The van der Waals surface area contributed by atoms with Crippen LogP contribution in [0.25, 0.3) is 0 Å². The molecule has 114 valence electrons. The maximum absolute atomic E-state index is 11.9. The molecule has 0 aliphatic heterocycles. The van der Waals surface area contributed by atoms with E-state index in [1.807, 2.05) is 4.90 Å². The average molecular weight is 299 g/mol. The zero-order valence-corrected chi connectivity index (χ0v) is 13.6. The highest BCUT2D eigenvalue weighted by molar-refractivity contribution is 7.90. The molecule has 5 nitrogen and oxygen atoms in total. The summed E-state index contributed by atoms with van der Waals surface area (Å²) < 4.78 is 23.8.